The summed E-state index contributed by atoms with van der Waals surface area (Å²) >= 11 is 0. The van der Waals surface area contributed by atoms with Gasteiger partial charge in [0.2, 0.25) is 5.91 Å². The highest BCUT2D eigenvalue weighted by molar-refractivity contribution is 5.90. The van der Waals surface area contributed by atoms with Crippen molar-refractivity contribution in [2.75, 3.05) is 10.6 Å². The molecule has 2 aromatic rings. The first-order valence-electron chi connectivity index (χ1n) is 6.36. The van der Waals surface area contributed by atoms with Crippen LogP contribution in [0.15, 0.2) is 37.2 Å². The molecule has 0 aliphatic heterocycles. The van der Waals surface area contributed by atoms with E-state index in [2.05, 4.69) is 22.3 Å². The molecule has 2 rings (SSSR count). The number of hydrogen-bond acceptors (Lipinski definition) is 3. The lowest BCUT2D eigenvalue weighted by Gasteiger charge is -2.10. The third kappa shape index (κ3) is 3.47. The minimum atomic E-state index is -0.0718. The summed E-state index contributed by atoms with van der Waals surface area (Å²) in [6.45, 7) is 7.78. The number of nitrogens with one attached hydrogen (secondary N) is 2. The van der Waals surface area contributed by atoms with E-state index in [1.54, 1.807) is 17.1 Å². The van der Waals surface area contributed by atoms with Crippen LogP contribution in [-0.4, -0.2) is 15.7 Å². The molecule has 0 bridgehead atoms. The summed E-state index contributed by atoms with van der Waals surface area (Å²) < 4.78 is 1.66. The summed E-state index contributed by atoms with van der Waals surface area (Å²) in [4.78, 5) is 11.1. The fourth-order valence-corrected chi connectivity index (χ4v) is 1.83. The van der Waals surface area contributed by atoms with Crippen molar-refractivity contribution in [3.8, 4) is 0 Å². The van der Waals surface area contributed by atoms with Crippen molar-refractivity contribution >= 4 is 23.5 Å². The van der Waals surface area contributed by atoms with E-state index >= 15 is 0 Å². The maximum Gasteiger partial charge on any atom is 0.221 e. The summed E-state index contributed by atoms with van der Waals surface area (Å²) in [5, 5.41) is 10.2. The second-order valence-electron chi connectivity index (χ2n) is 4.58. The van der Waals surface area contributed by atoms with E-state index in [9.17, 15) is 4.79 Å². The number of aromatic nitrogens is 2. The second-order valence-corrected chi connectivity index (χ2v) is 4.58. The maximum atomic E-state index is 11.1. The van der Waals surface area contributed by atoms with Crippen LogP contribution in [0.1, 0.15) is 18.1 Å². The predicted octanol–water partition coefficient (Wildman–Crippen LogP) is 2.86. The van der Waals surface area contributed by atoms with Gasteiger partial charge >= 0.3 is 0 Å². The normalized spacial score (nSPS) is 10.1. The molecule has 0 radical (unpaired) electrons. The van der Waals surface area contributed by atoms with Crippen molar-refractivity contribution in [2.24, 2.45) is 0 Å². The minimum Gasteiger partial charge on any atom is -0.381 e. The van der Waals surface area contributed by atoms with Crippen molar-refractivity contribution in [1.82, 2.24) is 9.78 Å². The Labute approximate surface area is 118 Å². The van der Waals surface area contributed by atoms with Gasteiger partial charge in [0.25, 0.3) is 0 Å². The fraction of sp³-hybridized carbons (Fsp3) is 0.200. The van der Waals surface area contributed by atoms with Crippen molar-refractivity contribution in [1.29, 1.82) is 0 Å². The first kappa shape index (κ1) is 13.9. The van der Waals surface area contributed by atoms with Crippen LogP contribution in [0.25, 0.3) is 6.20 Å². The molecule has 20 heavy (non-hydrogen) atoms. The molecule has 2 N–H and O–H groups in total. The number of anilines is 2. The van der Waals surface area contributed by atoms with E-state index in [4.69, 9.17) is 0 Å². The molecule has 0 saturated carbocycles. The Morgan fingerprint density at radius 2 is 2.30 bits per heavy atom. The molecule has 5 nitrogen and oxygen atoms in total. The monoisotopic (exact) mass is 270 g/mol. The Hall–Kier alpha value is -2.56. The van der Waals surface area contributed by atoms with Gasteiger partial charge in [0.15, 0.2) is 0 Å². The van der Waals surface area contributed by atoms with E-state index in [0.717, 1.165) is 22.5 Å². The highest BCUT2D eigenvalue weighted by atomic mass is 16.1. The maximum absolute atomic E-state index is 11.1. The minimum absolute atomic E-state index is 0.0718. The largest absolute Gasteiger partial charge is 0.381 e. The number of amides is 1. The van der Waals surface area contributed by atoms with Gasteiger partial charge in [0.1, 0.15) is 0 Å². The highest BCUT2D eigenvalue weighted by Gasteiger charge is 2.03. The van der Waals surface area contributed by atoms with Crippen LogP contribution in [0, 0.1) is 6.92 Å². The van der Waals surface area contributed by atoms with Gasteiger partial charge in [-0.05, 0) is 24.6 Å². The first-order valence-corrected chi connectivity index (χ1v) is 6.36. The van der Waals surface area contributed by atoms with Gasteiger partial charge in [0, 0.05) is 42.8 Å². The third-order valence-corrected chi connectivity index (χ3v) is 2.89. The molecule has 5 heteroatoms. The van der Waals surface area contributed by atoms with Gasteiger partial charge in [-0.15, -0.1) is 0 Å². The molecule has 0 aliphatic carbocycles. The van der Waals surface area contributed by atoms with E-state index in [-0.39, 0.29) is 5.91 Å². The number of hydrogen-bond donors (Lipinski definition) is 2. The van der Waals surface area contributed by atoms with Crippen LogP contribution in [0.4, 0.5) is 11.4 Å². The predicted molar refractivity (Wildman–Crippen MR) is 81.4 cm³/mol. The van der Waals surface area contributed by atoms with E-state index in [0.29, 0.717) is 6.54 Å². The number of rotatable bonds is 5. The van der Waals surface area contributed by atoms with Gasteiger partial charge < -0.3 is 10.6 Å². The average Bonchev–Trinajstić information content (AvgIpc) is 2.87. The summed E-state index contributed by atoms with van der Waals surface area (Å²) in [6, 6.07) is 5.88. The Balaban J connectivity index is 2.05. The molecule has 1 aromatic carbocycles. The Bertz CT molecular complexity index is 631. The zero-order valence-corrected chi connectivity index (χ0v) is 11.7. The molecule has 1 heterocycles. The Morgan fingerprint density at radius 1 is 1.50 bits per heavy atom. The molecule has 1 amide bonds. The van der Waals surface area contributed by atoms with Gasteiger partial charge in [-0.25, -0.2) is 4.68 Å². The Kier molecular flexibility index (Phi) is 4.20. The van der Waals surface area contributed by atoms with Crippen LogP contribution in [0.3, 0.4) is 0 Å². The molecule has 104 valence electrons. The molecule has 1 aromatic heterocycles. The lowest BCUT2D eigenvalue weighted by molar-refractivity contribution is -0.114. The quantitative estimate of drug-likeness (QED) is 0.878. The van der Waals surface area contributed by atoms with Crippen molar-refractivity contribution in [3.63, 3.8) is 0 Å². The van der Waals surface area contributed by atoms with Crippen LogP contribution in [-0.2, 0) is 11.3 Å². The third-order valence-electron chi connectivity index (χ3n) is 2.89. The highest BCUT2D eigenvalue weighted by Crippen LogP contribution is 2.20. The zero-order chi connectivity index (χ0) is 14.5. The number of benzene rings is 1. The standard InChI is InChI=1S/C15H18N4O/c1-4-19-10-13(9-17-19)8-16-14-6-5-11(2)15(7-14)18-12(3)20/h4-7,9-10,16H,1,8H2,2-3H3,(H,18,20). The molecule has 0 fully saturated rings. The topological polar surface area (TPSA) is 59.0 Å². The van der Waals surface area contributed by atoms with Crippen molar-refractivity contribution in [3.05, 3.63) is 48.3 Å². The summed E-state index contributed by atoms with van der Waals surface area (Å²) in [6.07, 6.45) is 5.34. The van der Waals surface area contributed by atoms with Crippen molar-refractivity contribution in [2.45, 2.75) is 20.4 Å². The number of carbonyl (C=O) groups is 1. The number of aryl methyl sites for hydroxylation is 1. The molecule has 0 unspecified atom stereocenters. The molecular weight excluding hydrogens is 252 g/mol. The van der Waals surface area contributed by atoms with E-state index < -0.39 is 0 Å². The average molecular weight is 270 g/mol. The van der Waals surface area contributed by atoms with Crippen LogP contribution < -0.4 is 10.6 Å². The molecular formula is C15H18N4O. The summed E-state index contributed by atoms with van der Waals surface area (Å²) in [5.74, 6) is -0.0718. The summed E-state index contributed by atoms with van der Waals surface area (Å²) in [7, 11) is 0. The van der Waals surface area contributed by atoms with Crippen LogP contribution in [0.5, 0.6) is 0 Å². The molecule has 0 aliphatic rings. The van der Waals surface area contributed by atoms with Crippen LogP contribution >= 0.6 is 0 Å². The van der Waals surface area contributed by atoms with Crippen LogP contribution in [0.2, 0.25) is 0 Å². The first-order chi connectivity index (χ1) is 9.58. The number of carbonyl (C=O) groups excluding carboxylic acids is 1. The summed E-state index contributed by atoms with van der Waals surface area (Å²) in [5.41, 5.74) is 3.87. The smallest absolute Gasteiger partial charge is 0.221 e. The van der Waals surface area contributed by atoms with Gasteiger partial charge in [-0.3, -0.25) is 4.79 Å². The molecule has 0 saturated heterocycles. The van der Waals surface area contributed by atoms with Gasteiger partial charge in [0.05, 0.1) is 6.20 Å². The molecule has 0 spiro atoms. The second kappa shape index (κ2) is 6.06. The molecule has 0 atom stereocenters. The lowest BCUT2D eigenvalue weighted by atomic mass is 10.1. The number of nitrogens with zero attached hydrogens (tertiary/aromatic N) is 2. The zero-order valence-electron chi connectivity index (χ0n) is 11.7. The van der Waals surface area contributed by atoms with Gasteiger partial charge in [-0.1, -0.05) is 12.6 Å². The lowest BCUT2D eigenvalue weighted by Crippen LogP contribution is -2.08. The van der Waals surface area contributed by atoms with Crippen molar-refractivity contribution < 1.29 is 4.79 Å². The van der Waals surface area contributed by atoms with E-state index in [1.165, 1.54) is 6.92 Å². The van der Waals surface area contributed by atoms with Gasteiger partial charge in [-0.2, -0.15) is 5.10 Å². The Morgan fingerprint density at radius 3 is 2.95 bits per heavy atom. The SMILES string of the molecule is C=Cn1cc(CNc2ccc(C)c(NC(C)=O)c2)cn1. The van der Waals surface area contributed by atoms with E-state index in [1.807, 2.05) is 31.3 Å². The fourth-order valence-electron chi connectivity index (χ4n) is 1.83.